The van der Waals surface area contributed by atoms with Gasteiger partial charge in [0.05, 0.1) is 30.3 Å². The second-order valence-electron chi connectivity index (χ2n) is 5.66. The zero-order chi connectivity index (χ0) is 14.0. The van der Waals surface area contributed by atoms with Crippen molar-refractivity contribution in [1.82, 2.24) is 10.2 Å². The largest absolute Gasteiger partial charge is 0.373 e. The van der Waals surface area contributed by atoms with E-state index >= 15 is 0 Å². The maximum atomic E-state index is 12.1. The van der Waals surface area contributed by atoms with E-state index in [2.05, 4.69) is 19.2 Å². The third kappa shape index (κ3) is 3.60. The number of rotatable bonds is 3. The fraction of sp³-hybridized carbons (Fsp3) is 0.917. The summed E-state index contributed by atoms with van der Waals surface area (Å²) < 4.78 is 28.7. The van der Waals surface area contributed by atoms with Gasteiger partial charge in [0.2, 0.25) is 0 Å². The summed E-state index contributed by atoms with van der Waals surface area (Å²) in [6, 6.07) is -0.492. The molecule has 2 unspecified atom stereocenters. The molecule has 19 heavy (non-hydrogen) atoms. The van der Waals surface area contributed by atoms with Gasteiger partial charge in [-0.05, 0) is 12.3 Å². The number of hydrogen-bond acceptors (Lipinski definition) is 4. The van der Waals surface area contributed by atoms with Gasteiger partial charge in [-0.3, -0.25) is 0 Å². The normalized spacial score (nSPS) is 29.3. The van der Waals surface area contributed by atoms with Crippen LogP contribution in [0.25, 0.3) is 0 Å². The van der Waals surface area contributed by atoms with Crippen LogP contribution in [0.2, 0.25) is 0 Å². The molecule has 110 valence electrons. The molecule has 2 rings (SSSR count). The molecule has 0 aromatic rings. The van der Waals surface area contributed by atoms with E-state index in [1.165, 1.54) is 0 Å². The van der Waals surface area contributed by atoms with Gasteiger partial charge >= 0.3 is 6.03 Å². The first-order valence-electron chi connectivity index (χ1n) is 6.75. The second kappa shape index (κ2) is 5.66. The SMILES string of the molecule is CC(C)CCNC(=O)N1CCOC2CS(=O)(=O)CC21. The number of ether oxygens (including phenoxy) is 1. The van der Waals surface area contributed by atoms with E-state index in [1.807, 2.05) is 0 Å². The van der Waals surface area contributed by atoms with Crippen LogP contribution in [0.15, 0.2) is 0 Å². The number of carbonyl (C=O) groups is 1. The average molecular weight is 290 g/mol. The third-order valence-electron chi connectivity index (χ3n) is 3.60. The van der Waals surface area contributed by atoms with Gasteiger partial charge < -0.3 is 15.0 Å². The van der Waals surface area contributed by atoms with Crippen LogP contribution in [0.4, 0.5) is 4.79 Å². The molecule has 0 spiro atoms. The van der Waals surface area contributed by atoms with Crippen molar-refractivity contribution >= 4 is 15.9 Å². The lowest BCUT2D eigenvalue weighted by atomic mass is 10.1. The molecule has 6 nitrogen and oxygen atoms in total. The topological polar surface area (TPSA) is 75.7 Å². The van der Waals surface area contributed by atoms with Crippen LogP contribution in [-0.2, 0) is 14.6 Å². The lowest BCUT2D eigenvalue weighted by Crippen LogP contribution is -2.56. The molecule has 2 fully saturated rings. The molecule has 2 amide bonds. The summed E-state index contributed by atoms with van der Waals surface area (Å²) in [7, 11) is -3.08. The first kappa shape index (κ1) is 14.6. The molecule has 0 bridgehead atoms. The molecular weight excluding hydrogens is 268 g/mol. The van der Waals surface area contributed by atoms with Crippen LogP contribution in [0.3, 0.4) is 0 Å². The van der Waals surface area contributed by atoms with E-state index in [9.17, 15) is 13.2 Å². The zero-order valence-electron chi connectivity index (χ0n) is 11.5. The minimum absolute atomic E-state index is 0.0231. The van der Waals surface area contributed by atoms with Crippen molar-refractivity contribution in [2.45, 2.75) is 32.4 Å². The van der Waals surface area contributed by atoms with Crippen molar-refractivity contribution in [2.24, 2.45) is 5.92 Å². The Morgan fingerprint density at radius 2 is 2.16 bits per heavy atom. The highest BCUT2D eigenvalue weighted by atomic mass is 32.2. The Morgan fingerprint density at radius 1 is 1.42 bits per heavy atom. The Morgan fingerprint density at radius 3 is 2.84 bits per heavy atom. The Kier molecular flexibility index (Phi) is 4.35. The molecule has 0 aromatic carbocycles. The number of carbonyl (C=O) groups excluding carboxylic acids is 1. The van der Waals surface area contributed by atoms with Gasteiger partial charge in [0.15, 0.2) is 9.84 Å². The highest BCUT2D eigenvalue weighted by Gasteiger charge is 2.45. The predicted octanol–water partition coefficient (Wildman–Crippen LogP) is 0.240. The van der Waals surface area contributed by atoms with E-state index in [0.717, 1.165) is 6.42 Å². The van der Waals surface area contributed by atoms with Crippen molar-refractivity contribution in [3.63, 3.8) is 0 Å². The molecular formula is C12H22N2O4S. The first-order chi connectivity index (χ1) is 8.89. The van der Waals surface area contributed by atoms with Gasteiger partial charge in [-0.2, -0.15) is 0 Å². The van der Waals surface area contributed by atoms with Crippen LogP contribution in [0.5, 0.6) is 0 Å². The van der Waals surface area contributed by atoms with Gasteiger partial charge in [0.25, 0.3) is 0 Å². The summed E-state index contributed by atoms with van der Waals surface area (Å²) in [5.74, 6) is 0.590. The Hall–Kier alpha value is -0.820. The fourth-order valence-electron chi connectivity index (χ4n) is 2.54. The molecule has 0 aliphatic carbocycles. The maximum Gasteiger partial charge on any atom is 0.317 e. The molecule has 2 heterocycles. The molecule has 2 atom stereocenters. The van der Waals surface area contributed by atoms with Crippen molar-refractivity contribution < 1.29 is 17.9 Å². The number of amides is 2. The molecule has 2 saturated heterocycles. The minimum Gasteiger partial charge on any atom is -0.373 e. The summed E-state index contributed by atoms with van der Waals surface area (Å²) in [4.78, 5) is 13.7. The zero-order valence-corrected chi connectivity index (χ0v) is 12.3. The number of urea groups is 1. The van der Waals surface area contributed by atoms with Crippen molar-refractivity contribution in [3.05, 3.63) is 0 Å². The average Bonchev–Trinajstić information content (AvgIpc) is 2.61. The van der Waals surface area contributed by atoms with Crippen molar-refractivity contribution in [3.8, 4) is 0 Å². The highest BCUT2D eigenvalue weighted by molar-refractivity contribution is 7.91. The molecule has 2 aliphatic heterocycles. The number of fused-ring (bicyclic) bond motifs is 1. The molecule has 0 aromatic heterocycles. The summed E-state index contributed by atoms with van der Waals surface area (Å²) in [5.41, 5.74) is 0. The smallest absolute Gasteiger partial charge is 0.317 e. The number of nitrogens with one attached hydrogen (secondary N) is 1. The van der Waals surface area contributed by atoms with Crippen molar-refractivity contribution in [2.75, 3.05) is 31.2 Å². The van der Waals surface area contributed by atoms with Crippen LogP contribution >= 0.6 is 0 Å². The Bertz CT molecular complexity index is 435. The predicted molar refractivity (Wildman–Crippen MR) is 71.7 cm³/mol. The van der Waals surface area contributed by atoms with Crippen LogP contribution in [-0.4, -0.2) is 62.7 Å². The fourth-order valence-corrected chi connectivity index (χ4v) is 4.41. The Labute approximate surface area is 114 Å². The second-order valence-corrected chi connectivity index (χ2v) is 7.82. The number of hydrogen-bond donors (Lipinski definition) is 1. The molecule has 0 radical (unpaired) electrons. The Balaban J connectivity index is 1.94. The van der Waals surface area contributed by atoms with Gasteiger partial charge in [0.1, 0.15) is 0 Å². The van der Waals surface area contributed by atoms with E-state index in [1.54, 1.807) is 4.90 Å². The van der Waals surface area contributed by atoms with Crippen molar-refractivity contribution in [1.29, 1.82) is 0 Å². The van der Waals surface area contributed by atoms with Gasteiger partial charge in [-0.25, -0.2) is 13.2 Å². The summed E-state index contributed by atoms with van der Waals surface area (Å²) in [5, 5.41) is 2.86. The van der Waals surface area contributed by atoms with E-state index < -0.39 is 9.84 Å². The lowest BCUT2D eigenvalue weighted by Gasteiger charge is -2.36. The monoisotopic (exact) mass is 290 g/mol. The number of nitrogens with zero attached hydrogens (tertiary/aromatic N) is 1. The number of sulfone groups is 1. The lowest BCUT2D eigenvalue weighted by molar-refractivity contribution is -0.0289. The van der Waals surface area contributed by atoms with E-state index in [0.29, 0.717) is 25.6 Å². The summed E-state index contributed by atoms with van der Waals surface area (Å²) in [6.07, 6.45) is 0.567. The van der Waals surface area contributed by atoms with Gasteiger partial charge in [-0.15, -0.1) is 0 Å². The molecule has 1 N–H and O–H groups in total. The van der Waals surface area contributed by atoms with Gasteiger partial charge in [0, 0.05) is 13.1 Å². The molecule has 7 heteroatoms. The maximum absolute atomic E-state index is 12.1. The minimum atomic E-state index is -3.08. The molecule has 0 saturated carbocycles. The summed E-state index contributed by atoms with van der Waals surface area (Å²) in [6.45, 7) is 5.69. The summed E-state index contributed by atoms with van der Waals surface area (Å²) >= 11 is 0. The highest BCUT2D eigenvalue weighted by Crippen LogP contribution is 2.24. The quantitative estimate of drug-likeness (QED) is 0.808. The first-order valence-corrected chi connectivity index (χ1v) is 8.57. The third-order valence-corrected chi connectivity index (χ3v) is 5.28. The van der Waals surface area contributed by atoms with Crippen LogP contribution in [0.1, 0.15) is 20.3 Å². The van der Waals surface area contributed by atoms with E-state index in [-0.39, 0.29) is 29.7 Å². The number of morpholine rings is 1. The standard InChI is InChI=1S/C12H22N2O4S/c1-9(2)3-4-13-12(15)14-5-6-18-11-8-19(16,17)7-10(11)14/h9-11H,3-8H2,1-2H3,(H,13,15). The van der Waals surface area contributed by atoms with E-state index in [4.69, 9.17) is 4.74 Å². The van der Waals surface area contributed by atoms with Crippen LogP contribution in [0, 0.1) is 5.92 Å². The van der Waals surface area contributed by atoms with Crippen LogP contribution < -0.4 is 5.32 Å². The molecule has 2 aliphatic rings. The van der Waals surface area contributed by atoms with Gasteiger partial charge in [-0.1, -0.05) is 13.8 Å².